The highest BCUT2D eigenvalue weighted by molar-refractivity contribution is 5.98. The van der Waals surface area contributed by atoms with Crippen LogP contribution in [-0.2, 0) is 4.79 Å². The summed E-state index contributed by atoms with van der Waals surface area (Å²) in [6.45, 7) is 0. The van der Waals surface area contributed by atoms with Crippen molar-refractivity contribution in [1.82, 2.24) is 35.1 Å². The molecule has 6 aromatic rings. The van der Waals surface area contributed by atoms with E-state index >= 15 is 4.39 Å². The zero-order valence-corrected chi connectivity index (χ0v) is 20.8. The molecular formula is C29H23FN8O. The molecular weight excluding hydrogens is 495 g/mol. The molecule has 10 heteroatoms. The van der Waals surface area contributed by atoms with Crippen LogP contribution in [0.15, 0.2) is 67.3 Å². The molecule has 39 heavy (non-hydrogen) atoms. The molecule has 3 N–H and O–H groups in total. The molecule has 1 aliphatic rings. The number of nitrogens with one attached hydrogen (secondary N) is 3. The Morgan fingerprint density at radius 3 is 2.74 bits per heavy atom. The summed E-state index contributed by atoms with van der Waals surface area (Å²) in [6.07, 6.45) is 10.6. The average molecular weight is 519 g/mol. The molecule has 0 bridgehead atoms. The van der Waals surface area contributed by atoms with Crippen molar-refractivity contribution in [3.63, 3.8) is 0 Å². The molecule has 0 aliphatic heterocycles. The molecule has 5 heterocycles. The highest BCUT2D eigenvalue weighted by atomic mass is 19.1. The number of anilines is 1. The Morgan fingerprint density at radius 2 is 1.90 bits per heavy atom. The molecule has 1 fully saturated rings. The third kappa shape index (κ3) is 4.19. The number of carbonyl (C=O) groups is 1. The van der Waals surface area contributed by atoms with Gasteiger partial charge in [0.25, 0.3) is 0 Å². The van der Waals surface area contributed by atoms with Gasteiger partial charge in [-0.3, -0.25) is 19.9 Å². The maximum Gasteiger partial charge on any atom is 0.227 e. The number of pyridine rings is 3. The normalized spacial score (nSPS) is 13.9. The first kappa shape index (κ1) is 23.2. The van der Waals surface area contributed by atoms with Crippen LogP contribution in [-0.4, -0.2) is 41.0 Å². The summed E-state index contributed by atoms with van der Waals surface area (Å²) in [5, 5.41) is 10.7. The number of fused-ring (bicyclic) bond motifs is 2. The standard InChI is InChI=1S/C29H23FN8O/c30-22-13-17(18-11-19(15-31-14-18)34-29(39)16-5-1-2-6-16)12-21-24(22)37-38-26(21)28-35-25-20(8-10-33-27(25)36-28)23-7-3-4-9-32-23/h3-4,7-16H,1-2,5-6H2,(H,34,39)(H,37,38)(H,33,35,36). The predicted octanol–water partition coefficient (Wildman–Crippen LogP) is 5.89. The number of hydrogen-bond acceptors (Lipinski definition) is 6. The van der Waals surface area contributed by atoms with Gasteiger partial charge in [-0.05, 0) is 54.8 Å². The van der Waals surface area contributed by atoms with Crippen molar-refractivity contribution in [3.8, 4) is 33.9 Å². The number of aromatic nitrogens is 7. The number of nitrogens with zero attached hydrogens (tertiary/aromatic N) is 5. The molecule has 9 nitrogen and oxygen atoms in total. The Bertz CT molecular complexity index is 1840. The Morgan fingerprint density at radius 1 is 1.00 bits per heavy atom. The summed E-state index contributed by atoms with van der Waals surface area (Å²) in [5.41, 5.74) is 5.49. The number of carbonyl (C=O) groups excluding carboxylic acids is 1. The van der Waals surface area contributed by atoms with E-state index in [1.165, 1.54) is 6.07 Å². The monoisotopic (exact) mass is 518 g/mol. The lowest BCUT2D eigenvalue weighted by atomic mass is 10.0. The fraction of sp³-hybridized carbons (Fsp3) is 0.172. The number of amides is 1. The van der Waals surface area contributed by atoms with Crippen molar-refractivity contribution in [2.24, 2.45) is 5.92 Å². The Balaban J connectivity index is 1.27. The second-order valence-electron chi connectivity index (χ2n) is 9.74. The molecule has 5 aromatic heterocycles. The lowest BCUT2D eigenvalue weighted by molar-refractivity contribution is -0.119. The summed E-state index contributed by atoms with van der Waals surface area (Å²) in [6, 6.07) is 12.6. The molecule has 0 unspecified atom stereocenters. The van der Waals surface area contributed by atoms with Gasteiger partial charge in [-0.2, -0.15) is 5.10 Å². The van der Waals surface area contributed by atoms with Gasteiger partial charge >= 0.3 is 0 Å². The summed E-state index contributed by atoms with van der Waals surface area (Å²) in [5.74, 6) is 0.0469. The number of aromatic amines is 2. The van der Waals surface area contributed by atoms with Crippen molar-refractivity contribution >= 4 is 33.7 Å². The third-order valence-electron chi connectivity index (χ3n) is 7.25. The molecule has 0 atom stereocenters. The van der Waals surface area contributed by atoms with E-state index in [9.17, 15) is 4.79 Å². The van der Waals surface area contributed by atoms with Crippen LogP contribution in [0.5, 0.6) is 0 Å². The lowest BCUT2D eigenvalue weighted by Crippen LogP contribution is -2.20. The number of benzene rings is 1. The van der Waals surface area contributed by atoms with Crippen LogP contribution in [0.2, 0.25) is 0 Å². The molecule has 192 valence electrons. The minimum atomic E-state index is -0.478. The number of imidazole rings is 1. The summed E-state index contributed by atoms with van der Waals surface area (Å²) in [4.78, 5) is 33.7. The van der Waals surface area contributed by atoms with Crippen LogP contribution in [0.3, 0.4) is 0 Å². The minimum Gasteiger partial charge on any atom is -0.335 e. The number of rotatable bonds is 5. The van der Waals surface area contributed by atoms with Gasteiger partial charge < -0.3 is 10.3 Å². The minimum absolute atomic E-state index is 0.00812. The van der Waals surface area contributed by atoms with Crippen molar-refractivity contribution < 1.29 is 9.18 Å². The third-order valence-corrected chi connectivity index (χ3v) is 7.25. The molecule has 0 radical (unpaired) electrons. The van der Waals surface area contributed by atoms with E-state index in [-0.39, 0.29) is 17.3 Å². The molecule has 1 amide bonds. The van der Waals surface area contributed by atoms with Gasteiger partial charge in [-0.25, -0.2) is 14.4 Å². The van der Waals surface area contributed by atoms with Gasteiger partial charge in [0.05, 0.1) is 23.1 Å². The van der Waals surface area contributed by atoms with Crippen molar-refractivity contribution in [2.45, 2.75) is 25.7 Å². The van der Waals surface area contributed by atoms with Gasteiger partial charge in [0.2, 0.25) is 5.91 Å². The van der Waals surface area contributed by atoms with Gasteiger partial charge in [-0.1, -0.05) is 18.9 Å². The molecule has 1 saturated carbocycles. The van der Waals surface area contributed by atoms with E-state index < -0.39 is 5.82 Å². The van der Waals surface area contributed by atoms with Crippen LogP contribution in [0, 0.1) is 11.7 Å². The zero-order chi connectivity index (χ0) is 26.3. The highest BCUT2D eigenvalue weighted by Crippen LogP contribution is 2.34. The molecule has 1 aliphatic carbocycles. The smallest absolute Gasteiger partial charge is 0.227 e. The largest absolute Gasteiger partial charge is 0.335 e. The number of hydrogen-bond donors (Lipinski definition) is 3. The fourth-order valence-corrected chi connectivity index (χ4v) is 5.29. The van der Waals surface area contributed by atoms with E-state index in [2.05, 4.69) is 40.4 Å². The van der Waals surface area contributed by atoms with Crippen LogP contribution in [0.25, 0.3) is 56.0 Å². The van der Waals surface area contributed by atoms with E-state index in [1.807, 2.05) is 36.4 Å². The summed E-state index contributed by atoms with van der Waals surface area (Å²) >= 11 is 0. The van der Waals surface area contributed by atoms with Crippen LogP contribution < -0.4 is 5.32 Å². The number of halogens is 1. The Hall–Kier alpha value is -4.99. The molecule has 7 rings (SSSR count). The first-order chi connectivity index (χ1) is 19.1. The molecule has 1 aromatic carbocycles. The topological polar surface area (TPSA) is 125 Å². The van der Waals surface area contributed by atoms with Gasteiger partial charge in [0, 0.05) is 41.0 Å². The summed E-state index contributed by atoms with van der Waals surface area (Å²) < 4.78 is 15.2. The van der Waals surface area contributed by atoms with E-state index in [0.717, 1.165) is 42.5 Å². The SMILES string of the molecule is O=C(Nc1cncc(-c2cc(F)c3n[nH]c(-c4nc5nccc(-c6ccccn6)c5[nH]4)c3c2)c1)C1CCCC1. The zero-order valence-electron chi connectivity index (χ0n) is 20.8. The lowest BCUT2D eigenvalue weighted by Gasteiger charge is -2.11. The number of H-pyrrole nitrogens is 2. The van der Waals surface area contributed by atoms with Crippen molar-refractivity contribution in [2.75, 3.05) is 5.32 Å². The van der Waals surface area contributed by atoms with Gasteiger partial charge in [0.15, 0.2) is 17.3 Å². The molecule has 0 spiro atoms. The van der Waals surface area contributed by atoms with E-state index in [4.69, 9.17) is 0 Å². The van der Waals surface area contributed by atoms with Gasteiger partial charge in [0.1, 0.15) is 11.2 Å². The predicted molar refractivity (Wildman–Crippen MR) is 146 cm³/mol. The van der Waals surface area contributed by atoms with Crippen LogP contribution in [0.4, 0.5) is 10.1 Å². The highest BCUT2D eigenvalue weighted by Gasteiger charge is 2.23. The average Bonchev–Trinajstić information content (AvgIpc) is 3.73. The second kappa shape index (κ2) is 9.39. The first-order valence-electron chi connectivity index (χ1n) is 12.8. The Labute approximate surface area is 222 Å². The van der Waals surface area contributed by atoms with Crippen LogP contribution >= 0.6 is 0 Å². The summed E-state index contributed by atoms with van der Waals surface area (Å²) in [7, 11) is 0. The van der Waals surface area contributed by atoms with Gasteiger partial charge in [-0.15, -0.1) is 0 Å². The first-order valence-corrected chi connectivity index (χ1v) is 12.8. The van der Waals surface area contributed by atoms with Crippen molar-refractivity contribution in [3.05, 3.63) is 73.1 Å². The maximum absolute atomic E-state index is 15.2. The second-order valence-corrected chi connectivity index (χ2v) is 9.74. The van der Waals surface area contributed by atoms with Crippen molar-refractivity contribution in [1.29, 1.82) is 0 Å². The fourth-order valence-electron chi connectivity index (χ4n) is 5.29. The molecule has 0 saturated heterocycles. The van der Waals surface area contributed by atoms with E-state index in [1.54, 1.807) is 24.8 Å². The van der Waals surface area contributed by atoms with E-state index in [0.29, 0.717) is 39.4 Å². The maximum atomic E-state index is 15.2. The van der Waals surface area contributed by atoms with Crippen LogP contribution in [0.1, 0.15) is 25.7 Å². The quantitative estimate of drug-likeness (QED) is 0.261. The Kier molecular flexibility index (Phi) is 5.58.